The van der Waals surface area contributed by atoms with Gasteiger partial charge in [-0.3, -0.25) is 4.79 Å². The van der Waals surface area contributed by atoms with Gasteiger partial charge in [0, 0.05) is 6.42 Å². The standard InChI is InChI=1S/C14H22O2/c1-2-3-10-14(13-16)11-8-6-4-5-7-9-12-15/h5,7,10,12-13H,2-4,6,8-9,11H2,1H3. The summed E-state index contributed by atoms with van der Waals surface area (Å²) in [6, 6.07) is 0. The van der Waals surface area contributed by atoms with E-state index < -0.39 is 0 Å². The fourth-order valence-electron chi connectivity index (χ4n) is 1.40. The molecule has 0 aliphatic carbocycles. The maximum absolute atomic E-state index is 10.7. The highest BCUT2D eigenvalue weighted by Gasteiger charge is 1.94. The molecule has 0 heterocycles. The lowest BCUT2D eigenvalue weighted by Gasteiger charge is -1.98. The Kier molecular flexibility index (Phi) is 11.0. The average molecular weight is 222 g/mol. The number of rotatable bonds is 10. The zero-order chi connectivity index (χ0) is 12.1. The minimum Gasteiger partial charge on any atom is -0.303 e. The lowest BCUT2D eigenvalue weighted by molar-refractivity contribution is -0.107. The molecule has 0 aliphatic heterocycles. The molecule has 0 aromatic carbocycles. The van der Waals surface area contributed by atoms with Gasteiger partial charge in [-0.05, 0) is 37.7 Å². The van der Waals surface area contributed by atoms with Crippen molar-refractivity contribution in [3.05, 3.63) is 23.8 Å². The number of unbranched alkanes of at least 4 members (excludes halogenated alkanes) is 3. The molecule has 2 nitrogen and oxygen atoms in total. The number of carbonyl (C=O) groups is 2. The van der Waals surface area contributed by atoms with Gasteiger partial charge in [0.25, 0.3) is 0 Å². The summed E-state index contributed by atoms with van der Waals surface area (Å²) < 4.78 is 0. The Hall–Kier alpha value is -1.18. The summed E-state index contributed by atoms with van der Waals surface area (Å²) in [4.78, 5) is 20.7. The lowest BCUT2D eigenvalue weighted by atomic mass is 10.1. The van der Waals surface area contributed by atoms with Gasteiger partial charge in [0.15, 0.2) is 0 Å². The maximum atomic E-state index is 10.7. The number of allylic oxidation sites excluding steroid dienone is 4. The lowest BCUT2D eigenvalue weighted by Crippen LogP contribution is -1.86. The molecule has 16 heavy (non-hydrogen) atoms. The third-order valence-electron chi connectivity index (χ3n) is 2.33. The largest absolute Gasteiger partial charge is 0.303 e. The van der Waals surface area contributed by atoms with Crippen molar-refractivity contribution in [1.82, 2.24) is 0 Å². The van der Waals surface area contributed by atoms with Gasteiger partial charge in [0.2, 0.25) is 0 Å². The molecule has 0 aromatic heterocycles. The van der Waals surface area contributed by atoms with Crippen molar-refractivity contribution in [2.75, 3.05) is 0 Å². The van der Waals surface area contributed by atoms with Crippen molar-refractivity contribution in [2.45, 2.75) is 51.9 Å². The molecule has 0 N–H and O–H groups in total. The molecule has 0 fully saturated rings. The molecular weight excluding hydrogens is 200 g/mol. The van der Waals surface area contributed by atoms with Crippen LogP contribution in [0.25, 0.3) is 0 Å². The van der Waals surface area contributed by atoms with Crippen LogP contribution in [0.15, 0.2) is 23.8 Å². The molecule has 0 unspecified atom stereocenters. The summed E-state index contributed by atoms with van der Waals surface area (Å²) in [5.74, 6) is 0. The van der Waals surface area contributed by atoms with Crippen molar-refractivity contribution in [2.24, 2.45) is 0 Å². The summed E-state index contributed by atoms with van der Waals surface area (Å²) in [6.07, 6.45) is 14.4. The second kappa shape index (κ2) is 11.9. The van der Waals surface area contributed by atoms with Gasteiger partial charge in [-0.1, -0.05) is 31.6 Å². The quantitative estimate of drug-likeness (QED) is 0.245. The number of carbonyl (C=O) groups excluding carboxylic acids is 2. The van der Waals surface area contributed by atoms with Crippen molar-refractivity contribution in [3.63, 3.8) is 0 Å². The zero-order valence-corrected chi connectivity index (χ0v) is 10.2. The van der Waals surface area contributed by atoms with Gasteiger partial charge in [-0.25, -0.2) is 0 Å². The zero-order valence-electron chi connectivity index (χ0n) is 10.2. The first kappa shape index (κ1) is 14.8. The first-order valence-corrected chi connectivity index (χ1v) is 6.08. The highest BCUT2D eigenvalue weighted by molar-refractivity contribution is 5.72. The van der Waals surface area contributed by atoms with Gasteiger partial charge in [-0.2, -0.15) is 0 Å². The van der Waals surface area contributed by atoms with E-state index in [1.807, 2.05) is 18.2 Å². The molecular formula is C14H22O2. The molecule has 0 spiro atoms. The van der Waals surface area contributed by atoms with Crippen molar-refractivity contribution in [1.29, 1.82) is 0 Å². The van der Waals surface area contributed by atoms with Gasteiger partial charge in [0.1, 0.15) is 12.6 Å². The molecule has 0 saturated carbocycles. The SMILES string of the molecule is CCCC=C(C=O)CCCCC=CCC=O. The predicted molar refractivity (Wildman–Crippen MR) is 67.3 cm³/mol. The maximum Gasteiger partial charge on any atom is 0.145 e. The molecule has 0 bridgehead atoms. The third-order valence-corrected chi connectivity index (χ3v) is 2.33. The van der Waals surface area contributed by atoms with Crippen LogP contribution in [0.4, 0.5) is 0 Å². The minimum atomic E-state index is 0.510. The monoisotopic (exact) mass is 222 g/mol. The van der Waals surface area contributed by atoms with Crippen LogP contribution in [-0.2, 0) is 9.59 Å². The predicted octanol–water partition coefficient (Wildman–Crippen LogP) is 3.62. The van der Waals surface area contributed by atoms with Crippen LogP contribution >= 0.6 is 0 Å². The van der Waals surface area contributed by atoms with Crippen LogP contribution in [0.1, 0.15) is 51.9 Å². The van der Waals surface area contributed by atoms with Crippen molar-refractivity contribution in [3.8, 4) is 0 Å². The normalized spacial score (nSPS) is 11.9. The molecule has 0 saturated heterocycles. The Balaban J connectivity index is 3.55. The van der Waals surface area contributed by atoms with E-state index in [-0.39, 0.29) is 0 Å². The van der Waals surface area contributed by atoms with E-state index in [4.69, 9.17) is 0 Å². The first-order valence-electron chi connectivity index (χ1n) is 6.08. The molecule has 0 amide bonds. The summed E-state index contributed by atoms with van der Waals surface area (Å²) in [5.41, 5.74) is 0.929. The van der Waals surface area contributed by atoms with Gasteiger partial charge in [-0.15, -0.1) is 0 Å². The van der Waals surface area contributed by atoms with E-state index in [0.29, 0.717) is 6.42 Å². The van der Waals surface area contributed by atoms with Gasteiger partial charge < -0.3 is 4.79 Å². The molecule has 2 heteroatoms. The van der Waals surface area contributed by atoms with Crippen LogP contribution in [-0.4, -0.2) is 12.6 Å². The fraction of sp³-hybridized carbons (Fsp3) is 0.571. The van der Waals surface area contributed by atoms with E-state index in [9.17, 15) is 9.59 Å². The van der Waals surface area contributed by atoms with E-state index >= 15 is 0 Å². The van der Waals surface area contributed by atoms with E-state index in [1.54, 1.807) is 0 Å². The Morgan fingerprint density at radius 2 is 1.88 bits per heavy atom. The molecule has 0 rings (SSSR count). The molecule has 0 aliphatic rings. The topological polar surface area (TPSA) is 34.1 Å². The van der Waals surface area contributed by atoms with Crippen molar-refractivity contribution < 1.29 is 9.59 Å². The molecule has 0 radical (unpaired) electrons. The van der Waals surface area contributed by atoms with Crippen LogP contribution in [0.5, 0.6) is 0 Å². The average Bonchev–Trinajstić information content (AvgIpc) is 2.32. The molecule has 90 valence electrons. The number of aldehydes is 2. The second-order valence-electron chi connectivity index (χ2n) is 3.81. The Labute approximate surface area is 98.4 Å². The fourth-order valence-corrected chi connectivity index (χ4v) is 1.40. The van der Waals surface area contributed by atoms with Gasteiger partial charge in [0.05, 0.1) is 0 Å². The summed E-state index contributed by atoms with van der Waals surface area (Å²) in [6.45, 7) is 2.11. The Morgan fingerprint density at radius 3 is 2.50 bits per heavy atom. The summed E-state index contributed by atoms with van der Waals surface area (Å²) in [5, 5.41) is 0. The van der Waals surface area contributed by atoms with Crippen LogP contribution in [0.3, 0.4) is 0 Å². The van der Waals surface area contributed by atoms with Crippen LogP contribution < -0.4 is 0 Å². The third kappa shape index (κ3) is 9.38. The van der Waals surface area contributed by atoms with E-state index in [2.05, 4.69) is 6.92 Å². The number of hydrogen-bond acceptors (Lipinski definition) is 2. The summed E-state index contributed by atoms with van der Waals surface area (Å²) in [7, 11) is 0. The molecule has 0 aromatic rings. The second-order valence-corrected chi connectivity index (χ2v) is 3.81. The first-order chi connectivity index (χ1) is 7.85. The van der Waals surface area contributed by atoms with E-state index in [1.165, 1.54) is 0 Å². The Morgan fingerprint density at radius 1 is 1.06 bits per heavy atom. The number of hydrogen-bond donors (Lipinski definition) is 0. The smallest absolute Gasteiger partial charge is 0.145 e. The van der Waals surface area contributed by atoms with E-state index in [0.717, 1.165) is 56.7 Å². The minimum absolute atomic E-state index is 0.510. The highest BCUT2D eigenvalue weighted by atomic mass is 16.1. The Bertz CT molecular complexity index is 239. The van der Waals surface area contributed by atoms with Gasteiger partial charge >= 0.3 is 0 Å². The molecule has 0 atom stereocenters. The highest BCUT2D eigenvalue weighted by Crippen LogP contribution is 2.09. The van der Waals surface area contributed by atoms with Crippen LogP contribution in [0, 0.1) is 0 Å². The van der Waals surface area contributed by atoms with Crippen LogP contribution in [0.2, 0.25) is 0 Å². The summed E-state index contributed by atoms with van der Waals surface area (Å²) >= 11 is 0. The van der Waals surface area contributed by atoms with Crippen molar-refractivity contribution >= 4 is 12.6 Å².